The van der Waals surface area contributed by atoms with Crippen molar-refractivity contribution in [1.82, 2.24) is 0 Å². The Kier molecular flexibility index (Phi) is 3.05. The van der Waals surface area contributed by atoms with Crippen LogP contribution in [0.4, 0.5) is 5.69 Å². The van der Waals surface area contributed by atoms with Gasteiger partial charge in [0.1, 0.15) is 0 Å². The standard InChI is InChI=1S/C13H17NO/c1-2-10-5-3-8-12(9-10)14-13(15)11-6-4-7-11/h3,5,8-9,11H,2,4,6-7H2,1H3,(H,14,15). The van der Waals surface area contributed by atoms with Gasteiger partial charge < -0.3 is 5.32 Å². The van der Waals surface area contributed by atoms with Crippen molar-refractivity contribution in [3.8, 4) is 0 Å². The Labute approximate surface area is 90.7 Å². The number of nitrogens with one attached hydrogen (secondary N) is 1. The van der Waals surface area contributed by atoms with Crippen LogP contribution in [0.1, 0.15) is 31.7 Å². The monoisotopic (exact) mass is 203 g/mol. The Morgan fingerprint density at radius 2 is 2.27 bits per heavy atom. The summed E-state index contributed by atoms with van der Waals surface area (Å²) >= 11 is 0. The van der Waals surface area contributed by atoms with Crippen molar-refractivity contribution in [2.75, 3.05) is 5.32 Å². The lowest BCUT2D eigenvalue weighted by Gasteiger charge is -2.24. The molecule has 0 radical (unpaired) electrons. The highest BCUT2D eigenvalue weighted by Crippen LogP contribution is 2.27. The van der Waals surface area contributed by atoms with Crippen molar-refractivity contribution in [2.45, 2.75) is 32.6 Å². The molecule has 0 heterocycles. The van der Waals surface area contributed by atoms with Gasteiger partial charge in [0.2, 0.25) is 5.91 Å². The van der Waals surface area contributed by atoms with E-state index in [1.807, 2.05) is 12.1 Å². The molecule has 0 bridgehead atoms. The summed E-state index contributed by atoms with van der Waals surface area (Å²) in [7, 11) is 0. The number of hydrogen-bond donors (Lipinski definition) is 1. The molecule has 0 spiro atoms. The minimum Gasteiger partial charge on any atom is -0.326 e. The van der Waals surface area contributed by atoms with Crippen molar-refractivity contribution < 1.29 is 4.79 Å². The number of amides is 1. The van der Waals surface area contributed by atoms with Crippen molar-refractivity contribution >= 4 is 11.6 Å². The molecule has 0 atom stereocenters. The van der Waals surface area contributed by atoms with Gasteiger partial charge in [-0.15, -0.1) is 0 Å². The largest absolute Gasteiger partial charge is 0.326 e. The molecule has 0 unspecified atom stereocenters. The Bertz CT molecular complexity index is 355. The molecule has 0 saturated heterocycles. The molecule has 2 nitrogen and oxygen atoms in total. The molecule has 1 fully saturated rings. The predicted octanol–water partition coefficient (Wildman–Crippen LogP) is 2.99. The van der Waals surface area contributed by atoms with E-state index in [2.05, 4.69) is 24.4 Å². The van der Waals surface area contributed by atoms with Gasteiger partial charge in [-0.05, 0) is 37.0 Å². The topological polar surface area (TPSA) is 29.1 Å². The lowest BCUT2D eigenvalue weighted by Crippen LogP contribution is -2.28. The van der Waals surface area contributed by atoms with Gasteiger partial charge >= 0.3 is 0 Å². The summed E-state index contributed by atoms with van der Waals surface area (Å²) in [6.45, 7) is 2.12. The van der Waals surface area contributed by atoms with Crippen LogP contribution < -0.4 is 5.32 Å². The lowest BCUT2D eigenvalue weighted by atomic mass is 9.85. The van der Waals surface area contributed by atoms with E-state index in [0.29, 0.717) is 0 Å². The first-order valence-corrected chi connectivity index (χ1v) is 5.69. The maximum Gasteiger partial charge on any atom is 0.227 e. The molecule has 1 aliphatic carbocycles. The molecule has 0 aliphatic heterocycles. The number of benzene rings is 1. The van der Waals surface area contributed by atoms with Crippen molar-refractivity contribution in [2.24, 2.45) is 5.92 Å². The van der Waals surface area contributed by atoms with Gasteiger partial charge in [-0.25, -0.2) is 0 Å². The fourth-order valence-electron chi connectivity index (χ4n) is 1.78. The minimum absolute atomic E-state index is 0.189. The first-order chi connectivity index (χ1) is 7.29. The minimum atomic E-state index is 0.189. The normalized spacial score (nSPS) is 15.8. The zero-order valence-corrected chi connectivity index (χ0v) is 9.12. The van der Waals surface area contributed by atoms with Gasteiger partial charge in [-0.1, -0.05) is 25.5 Å². The van der Waals surface area contributed by atoms with Crippen LogP contribution in [0.3, 0.4) is 0 Å². The molecule has 15 heavy (non-hydrogen) atoms. The first kappa shape index (κ1) is 10.2. The van der Waals surface area contributed by atoms with E-state index in [-0.39, 0.29) is 11.8 Å². The third kappa shape index (κ3) is 2.38. The molecular weight excluding hydrogens is 186 g/mol. The molecule has 1 aromatic rings. The highest BCUT2D eigenvalue weighted by molar-refractivity contribution is 5.93. The van der Waals surface area contributed by atoms with Crippen molar-refractivity contribution in [3.05, 3.63) is 29.8 Å². The Balaban J connectivity index is 1.99. The number of hydrogen-bond acceptors (Lipinski definition) is 1. The Morgan fingerprint density at radius 3 is 2.87 bits per heavy atom. The average molecular weight is 203 g/mol. The molecule has 0 aromatic heterocycles. The second-order valence-corrected chi connectivity index (χ2v) is 4.17. The molecule has 2 rings (SSSR count). The van der Waals surface area contributed by atoms with Gasteiger partial charge in [-0.3, -0.25) is 4.79 Å². The second kappa shape index (κ2) is 4.47. The molecule has 1 aromatic carbocycles. The number of rotatable bonds is 3. The number of carbonyl (C=O) groups is 1. The Morgan fingerprint density at radius 1 is 1.47 bits per heavy atom. The van der Waals surface area contributed by atoms with Gasteiger partial charge in [0.05, 0.1) is 0 Å². The smallest absolute Gasteiger partial charge is 0.227 e. The summed E-state index contributed by atoms with van der Waals surface area (Å²) < 4.78 is 0. The summed E-state index contributed by atoms with van der Waals surface area (Å²) in [5.74, 6) is 0.449. The van der Waals surface area contributed by atoms with E-state index in [4.69, 9.17) is 0 Å². The highest BCUT2D eigenvalue weighted by Gasteiger charge is 2.24. The van der Waals surface area contributed by atoms with E-state index in [1.165, 1.54) is 12.0 Å². The molecular formula is C13H17NO. The number of aryl methyl sites for hydroxylation is 1. The SMILES string of the molecule is CCc1cccc(NC(=O)C2CCC2)c1. The summed E-state index contributed by atoms with van der Waals surface area (Å²) in [5.41, 5.74) is 2.20. The van der Waals surface area contributed by atoms with E-state index < -0.39 is 0 Å². The molecule has 80 valence electrons. The van der Waals surface area contributed by atoms with Crippen molar-refractivity contribution in [1.29, 1.82) is 0 Å². The van der Waals surface area contributed by atoms with Gasteiger partial charge in [0.25, 0.3) is 0 Å². The van der Waals surface area contributed by atoms with E-state index in [1.54, 1.807) is 0 Å². The van der Waals surface area contributed by atoms with Crippen LogP contribution in [-0.4, -0.2) is 5.91 Å². The van der Waals surface area contributed by atoms with Gasteiger partial charge in [0, 0.05) is 11.6 Å². The van der Waals surface area contributed by atoms with Crippen LogP contribution in [0, 0.1) is 5.92 Å². The summed E-state index contributed by atoms with van der Waals surface area (Å²) in [5, 5.41) is 2.98. The van der Waals surface area contributed by atoms with Gasteiger partial charge in [-0.2, -0.15) is 0 Å². The van der Waals surface area contributed by atoms with Crippen LogP contribution in [0.15, 0.2) is 24.3 Å². The van der Waals surface area contributed by atoms with Crippen LogP contribution in [-0.2, 0) is 11.2 Å². The summed E-state index contributed by atoms with van der Waals surface area (Å²) in [6, 6.07) is 8.08. The fourth-order valence-corrected chi connectivity index (χ4v) is 1.78. The van der Waals surface area contributed by atoms with E-state index >= 15 is 0 Å². The summed E-state index contributed by atoms with van der Waals surface area (Å²) in [4.78, 5) is 11.7. The zero-order valence-electron chi connectivity index (χ0n) is 9.12. The van der Waals surface area contributed by atoms with Crippen LogP contribution in [0.2, 0.25) is 0 Å². The number of carbonyl (C=O) groups excluding carboxylic acids is 1. The average Bonchev–Trinajstić information content (AvgIpc) is 2.15. The Hall–Kier alpha value is -1.31. The molecule has 1 amide bonds. The third-order valence-corrected chi connectivity index (χ3v) is 3.08. The molecule has 1 saturated carbocycles. The van der Waals surface area contributed by atoms with E-state index in [0.717, 1.165) is 24.9 Å². The number of anilines is 1. The molecule has 2 heteroatoms. The van der Waals surface area contributed by atoms with E-state index in [9.17, 15) is 4.79 Å². The molecule has 1 aliphatic rings. The predicted molar refractivity (Wildman–Crippen MR) is 61.8 cm³/mol. The lowest BCUT2D eigenvalue weighted by molar-refractivity contribution is -0.122. The quantitative estimate of drug-likeness (QED) is 0.804. The summed E-state index contributed by atoms with van der Waals surface area (Å²) in [6.07, 6.45) is 4.32. The molecule has 1 N–H and O–H groups in total. The fraction of sp³-hybridized carbons (Fsp3) is 0.462. The second-order valence-electron chi connectivity index (χ2n) is 4.17. The third-order valence-electron chi connectivity index (χ3n) is 3.08. The highest BCUT2D eigenvalue weighted by atomic mass is 16.1. The first-order valence-electron chi connectivity index (χ1n) is 5.69. The van der Waals surface area contributed by atoms with Crippen LogP contribution in [0.5, 0.6) is 0 Å². The zero-order chi connectivity index (χ0) is 10.7. The van der Waals surface area contributed by atoms with Crippen LogP contribution >= 0.6 is 0 Å². The maximum absolute atomic E-state index is 11.7. The maximum atomic E-state index is 11.7. The van der Waals surface area contributed by atoms with Crippen LogP contribution in [0.25, 0.3) is 0 Å². The van der Waals surface area contributed by atoms with Crippen molar-refractivity contribution in [3.63, 3.8) is 0 Å². The van der Waals surface area contributed by atoms with Gasteiger partial charge in [0.15, 0.2) is 0 Å².